The van der Waals surface area contributed by atoms with Gasteiger partial charge in [0, 0.05) is 20.5 Å². The SMILES string of the molecule is CCc1ccc(-c2nc(-c3ccc(Br)cc3)sc2C)cc1. The van der Waals surface area contributed by atoms with Crippen LogP contribution in [0.5, 0.6) is 0 Å². The highest BCUT2D eigenvalue weighted by molar-refractivity contribution is 9.10. The van der Waals surface area contributed by atoms with Gasteiger partial charge in [0.15, 0.2) is 0 Å². The van der Waals surface area contributed by atoms with Gasteiger partial charge in [0.2, 0.25) is 0 Å². The lowest BCUT2D eigenvalue weighted by molar-refractivity contribution is 1.14. The van der Waals surface area contributed by atoms with Crippen molar-refractivity contribution in [3.8, 4) is 21.8 Å². The number of aryl methyl sites for hydroxylation is 2. The lowest BCUT2D eigenvalue weighted by atomic mass is 10.1. The predicted molar refractivity (Wildman–Crippen MR) is 94.8 cm³/mol. The van der Waals surface area contributed by atoms with Crippen molar-refractivity contribution >= 4 is 27.3 Å². The van der Waals surface area contributed by atoms with Crippen LogP contribution in [-0.2, 0) is 6.42 Å². The summed E-state index contributed by atoms with van der Waals surface area (Å²) >= 11 is 5.22. The molecule has 0 unspecified atom stereocenters. The van der Waals surface area contributed by atoms with E-state index in [1.165, 1.54) is 21.6 Å². The molecule has 0 aliphatic heterocycles. The van der Waals surface area contributed by atoms with E-state index >= 15 is 0 Å². The first-order valence-corrected chi connectivity index (χ1v) is 8.61. The summed E-state index contributed by atoms with van der Waals surface area (Å²) in [5, 5.41) is 1.08. The van der Waals surface area contributed by atoms with Crippen LogP contribution in [0.1, 0.15) is 17.4 Å². The Bertz CT molecular complexity index is 742. The first-order valence-electron chi connectivity index (χ1n) is 7.00. The van der Waals surface area contributed by atoms with Gasteiger partial charge in [-0.1, -0.05) is 59.3 Å². The standard InChI is InChI=1S/C18H16BrNS/c1-3-13-4-6-14(7-5-13)17-12(2)21-18(20-17)15-8-10-16(19)11-9-15/h4-11H,3H2,1-2H3. The number of thiazole rings is 1. The molecule has 0 radical (unpaired) electrons. The van der Waals surface area contributed by atoms with E-state index in [1.807, 2.05) is 0 Å². The molecule has 0 amide bonds. The van der Waals surface area contributed by atoms with Crippen molar-refractivity contribution < 1.29 is 0 Å². The van der Waals surface area contributed by atoms with Gasteiger partial charge in [0.25, 0.3) is 0 Å². The predicted octanol–water partition coefficient (Wildman–Crippen LogP) is 6.11. The van der Waals surface area contributed by atoms with Crippen LogP contribution in [0.2, 0.25) is 0 Å². The Morgan fingerprint density at radius 2 is 1.57 bits per heavy atom. The molecule has 0 spiro atoms. The zero-order chi connectivity index (χ0) is 14.8. The molecule has 0 saturated heterocycles. The van der Waals surface area contributed by atoms with Crippen LogP contribution >= 0.6 is 27.3 Å². The second-order valence-corrected chi connectivity index (χ2v) is 7.10. The van der Waals surface area contributed by atoms with Crippen molar-refractivity contribution in [3.05, 3.63) is 63.4 Å². The molecule has 21 heavy (non-hydrogen) atoms. The minimum atomic E-state index is 1.07. The van der Waals surface area contributed by atoms with Crippen LogP contribution in [0.25, 0.3) is 21.8 Å². The summed E-state index contributed by atoms with van der Waals surface area (Å²) in [4.78, 5) is 6.10. The fourth-order valence-electron chi connectivity index (χ4n) is 2.28. The molecule has 0 bridgehead atoms. The molecule has 3 heteroatoms. The van der Waals surface area contributed by atoms with E-state index in [-0.39, 0.29) is 0 Å². The molecule has 3 aromatic rings. The largest absolute Gasteiger partial charge is 0.236 e. The molecule has 0 fully saturated rings. The van der Waals surface area contributed by atoms with E-state index in [2.05, 4.69) is 78.3 Å². The van der Waals surface area contributed by atoms with Gasteiger partial charge in [0.1, 0.15) is 5.01 Å². The molecule has 0 aliphatic carbocycles. The number of hydrogen-bond donors (Lipinski definition) is 0. The highest BCUT2D eigenvalue weighted by atomic mass is 79.9. The second-order valence-electron chi connectivity index (χ2n) is 4.98. The van der Waals surface area contributed by atoms with Gasteiger partial charge < -0.3 is 0 Å². The molecule has 1 heterocycles. The molecule has 2 aromatic carbocycles. The first kappa shape index (κ1) is 14.5. The number of hydrogen-bond acceptors (Lipinski definition) is 2. The maximum atomic E-state index is 4.84. The van der Waals surface area contributed by atoms with Crippen LogP contribution in [0.15, 0.2) is 53.0 Å². The highest BCUT2D eigenvalue weighted by Crippen LogP contribution is 2.33. The van der Waals surface area contributed by atoms with Crippen LogP contribution in [0.4, 0.5) is 0 Å². The highest BCUT2D eigenvalue weighted by Gasteiger charge is 2.11. The molecule has 106 valence electrons. The van der Waals surface area contributed by atoms with Gasteiger partial charge in [-0.25, -0.2) is 4.98 Å². The van der Waals surface area contributed by atoms with E-state index in [1.54, 1.807) is 11.3 Å². The molecular weight excluding hydrogens is 342 g/mol. The number of aromatic nitrogens is 1. The second kappa shape index (κ2) is 6.12. The summed E-state index contributed by atoms with van der Waals surface area (Å²) in [6.07, 6.45) is 1.07. The Kier molecular flexibility index (Phi) is 4.22. The van der Waals surface area contributed by atoms with Gasteiger partial charge in [-0.3, -0.25) is 0 Å². The van der Waals surface area contributed by atoms with Crippen LogP contribution in [0, 0.1) is 6.92 Å². The average molecular weight is 358 g/mol. The molecule has 0 aliphatic rings. The third-order valence-corrected chi connectivity index (χ3v) is 5.07. The maximum Gasteiger partial charge on any atom is 0.124 e. The lowest BCUT2D eigenvalue weighted by Crippen LogP contribution is -1.84. The molecule has 1 nitrogen and oxygen atoms in total. The first-order chi connectivity index (χ1) is 10.2. The van der Waals surface area contributed by atoms with Gasteiger partial charge in [0.05, 0.1) is 5.69 Å². The van der Waals surface area contributed by atoms with Crippen molar-refractivity contribution in [2.24, 2.45) is 0 Å². The van der Waals surface area contributed by atoms with E-state index in [0.29, 0.717) is 0 Å². The monoisotopic (exact) mass is 357 g/mol. The lowest BCUT2D eigenvalue weighted by Gasteiger charge is -2.01. The van der Waals surface area contributed by atoms with Gasteiger partial charge in [-0.15, -0.1) is 11.3 Å². The Hall–Kier alpha value is -1.45. The minimum Gasteiger partial charge on any atom is -0.236 e. The quantitative estimate of drug-likeness (QED) is 0.550. The van der Waals surface area contributed by atoms with E-state index < -0.39 is 0 Å². The van der Waals surface area contributed by atoms with E-state index in [9.17, 15) is 0 Å². The third-order valence-electron chi connectivity index (χ3n) is 3.52. The van der Waals surface area contributed by atoms with Gasteiger partial charge in [-0.05, 0) is 31.0 Å². The summed E-state index contributed by atoms with van der Waals surface area (Å²) < 4.78 is 1.09. The van der Waals surface area contributed by atoms with E-state index in [4.69, 9.17) is 4.98 Å². The summed E-state index contributed by atoms with van der Waals surface area (Å²) in [5.74, 6) is 0. The molecule has 0 atom stereocenters. The van der Waals surface area contributed by atoms with Crippen molar-refractivity contribution in [2.45, 2.75) is 20.3 Å². The van der Waals surface area contributed by atoms with Crippen molar-refractivity contribution in [2.75, 3.05) is 0 Å². The zero-order valence-corrected chi connectivity index (χ0v) is 14.5. The number of halogens is 1. The Balaban J connectivity index is 1.98. The smallest absolute Gasteiger partial charge is 0.124 e. The summed E-state index contributed by atoms with van der Waals surface area (Å²) in [6, 6.07) is 17.0. The topological polar surface area (TPSA) is 12.9 Å². The van der Waals surface area contributed by atoms with Crippen molar-refractivity contribution in [1.82, 2.24) is 4.98 Å². The molecular formula is C18H16BrNS. The zero-order valence-electron chi connectivity index (χ0n) is 12.1. The van der Waals surface area contributed by atoms with Crippen LogP contribution in [0.3, 0.4) is 0 Å². The number of rotatable bonds is 3. The van der Waals surface area contributed by atoms with Gasteiger partial charge >= 0.3 is 0 Å². The van der Waals surface area contributed by atoms with Crippen molar-refractivity contribution in [3.63, 3.8) is 0 Å². The summed E-state index contributed by atoms with van der Waals surface area (Å²) in [6.45, 7) is 4.32. The Morgan fingerprint density at radius 1 is 0.952 bits per heavy atom. The number of nitrogens with zero attached hydrogens (tertiary/aromatic N) is 1. The maximum absolute atomic E-state index is 4.84. The fourth-order valence-corrected chi connectivity index (χ4v) is 3.48. The molecule has 3 rings (SSSR count). The van der Waals surface area contributed by atoms with Crippen LogP contribution < -0.4 is 0 Å². The Morgan fingerprint density at radius 3 is 2.19 bits per heavy atom. The van der Waals surface area contributed by atoms with E-state index in [0.717, 1.165) is 21.6 Å². The normalized spacial score (nSPS) is 10.8. The van der Waals surface area contributed by atoms with Crippen molar-refractivity contribution in [1.29, 1.82) is 0 Å². The number of benzene rings is 2. The summed E-state index contributed by atoms with van der Waals surface area (Å²) in [5.41, 5.74) is 4.83. The molecule has 0 saturated carbocycles. The fraction of sp³-hybridized carbons (Fsp3) is 0.167. The molecule has 1 aromatic heterocycles. The molecule has 0 N–H and O–H groups in total. The average Bonchev–Trinajstić information content (AvgIpc) is 2.90. The third kappa shape index (κ3) is 3.09. The minimum absolute atomic E-state index is 1.07. The van der Waals surface area contributed by atoms with Gasteiger partial charge in [-0.2, -0.15) is 0 Å². The summed E-state index contributed by atoms with van der Waals surface area (Å²) in [7, 11) is 0. The Labute approximate surface area is 137 Å². The van der Waals surface area contributed by atoms with Crippen LogP contribution in [-0.4, -0.2) is 4.98 Å².